The van der Waals surface area contributed by atoms with Crippen LogP contribution in [0.5, 0.6) is 0 Å². The van der Waals surface area contributed by atoms with Crippen LogP contribution in [0.1, 0.15) is 41.9 Å². The zero-order valence-electron chi connectivity index (χ0n) is 18.3. The van der Waals surface area contributed by atoms with Crippen LogP contribution in [-0.4, -0.2) is 40.3 Å². The Bertz CT molecular complexity index is 1300. The summed E-state index contributed by atoms with van der Waals surface area (Å²) < 4.78 is 2.43. The number of para-hydroxylation sites is 2. The number of H-pyrrole nitrogens is 1. The first kappa shape index (κ1) is 19.4. The minimum atomic E-state index is -0.381. The van der Waals surface area contributed by atoms with E-state index in [9.17, 15) is 4.79 Å². The number of hydroxylamine groups is 2. The molecule has 1 fully saturated rings. The van der Waals surface area contributed by atoms with Crippen molar-refractivity contribution in [2.24, 2.45) is 0 Å². The van der Waals surface area contributed by atoms with E-state index in [1.165, 1.54) is 39.4 Å². The molecule has 2 aliphatic rings. The number of aromatic amines is 1. The van der Waals surface area contributed by atoms with Crippen LogP contribution in [-0.2, 0) is 17.8 Å². The van der Waals surface area contributed by atoms with Crippen molar-refractivity contribution in [3.8, 4) is 0 Å². The highest BCUT2D eigenvalue weighted by Gasteiger charge is 2.39. The van der Waals surface area contributed by atoms with E-state index in [2.05, 4.69) is 69.7 Å². The SMILES string of the molecule is CCNC(=O)ON1C[C@@H](c2c[nH]c3ccccc23)[C@H](c2cn3c4c(cccc24)CCC3)C1. The Morgan fingerprint density at radius 3 is 2.78 bits per heavy atom. The molecule has 6 heteroatoms. The monoisotopic (exact) mass is 428 g/mol. The average Bonchev–Trinajstić information content (AvgIpc) is 3.50. The third kappa shape index (κ3) is 3.09. The molecule has 0 aliphatic carbocycles. The van der Waals surface area contributed by atoms with Gasteiger partial charge in [-0.25, -0.2) is 4.79 Å². The Morgan fingerprint density at radius 2 is 1.91 bits per heavy atom. The first-order valence-corrected chi connectivity index (χ1v) is 11.6. The van der Waals surface area contributed by atoms with Gasteiger partial charge in [0.1, 0.15) is 0 Å². The third-order valence-electron chi connectivity index (χ3n) is 7.10. The number of nitrogens with zero attached hydrogens (tertiary/aromatic N) is 2. The Kier molecular flexibility index (Phi) is 4.68. The summed E-state index contributed by atoms with van der Waals surface area (Å²) >= 11 is 0. The number of aromatic nitrogens is 2. The lowest BCUT2D eigenvalue weighted by molar-refractivity contribution is -0.0821. The Labute approximate surface area is 187 Å². The molecule has 0 unspecified atom stereocenters. The number of hydrogen-bond acceptors (Lipinski definition) is 3. The summed E-state index contributed by atoms with van der Waals surface area (Å²) in [6.07, 6.45) is 6.44. The van der Waals surface area contributed by atoms with Crippen molar-refractivity contribution in [1.82, 2.24) is 19.9 Å². The summed E-state index contributed by atoms with van der Waals surface area (Å²) in [5.74, 6) is 0.463. The van der Waals surface area contributed by atoms with Crippen molar-refractivity contribution in [3.05, 3.63) is 71.5 Å². The minimum absolute atomic E-state index is 0.226. The molecule has 6 nitrogen and oxygen atoms in total. The van der Waals surface area contributed by atoms with Gasteiger partial charge in [0.25, 0.3) is 0 Å². The lowest BCUT2D eigenvalue weighted by Crippen LogP contribution is -2.32. The number of aryl methyl sites for hydroxylation is 2. The van der Waals surface area contributed by atoms with Gasteiger partial charge in [-0.3, -0.25) is 0 Å². The van der Waals surface area contributed by atoms with E-state index in [-0.39, 0.29) is 17.9 Å². The second-order valence-corrected chi connectivity index (χ2v) is 8.95. The molecule has 2 atom stereocenters. The smallest absolute Gasteiger partial charge is 0.361 e. The summed E-state index contributed by atoms with van der Waals surface area (Å²) in [6, 6.07) is 15.2. The zero-order valence-corrected chi connectivity index (χ0v) is 18.3. The third-order valence-corrected chi connectivity index (χ3v) is 7.10. The molecule has 0 saturated carbocycles. The maximum absolute atomic E-state index is 12.2. The van der Waals surface area contributed by atoms with Gasteiger partial charge in [0, 0.05) is 66.7 Å². The van der Waals surface area contributed by atoms with Crippen LogP contribution in [0.15, 0.2) is 54.9 Å². The fourth-order valence-corrected chi connectivity index (χ4v) is 5.75. The zero-order chi connectivity index (χ0) is 21.7. The lowest BCUT2D eigenvalue weighted by Gasteiger charge is -2.17. The average molecular weight is 429 g/mol. The van der Waals surface area contributed by atoms with Gasteiger partial charge >= 0.3 is 6.09 Å². The predicted octanol–water partition coefficient (Wildman–Crippen LogP) is 4.91. The maximum Gasteiger partial charge on any atom is 0.426 e. The van der Waals surface area contributed by atoms with E-state index in [1.54, 1.807) is 0 Å². The number of hydrogen-bond donors (Lipinski definition) is 2. The van der Waals surface area contributed by atoms with Crippen LogP contribution in [0, 0.1) is 0 Å². The normalized spacial score (nSPS) is 20.8. The molecular weight excluding hydrogens is 400 g/mol. The van der Waals surface area contributed by atoms with Gasteiger partial charge < -0.3 is 19.7 Å². The molecule has 1 saturated heterocycles. The number of carbonyl (C=O) groups is 1. The molecule has 164 valence electrons. The number of carbonyl (C=O) groups excluding carboxylic acids is 1. The molecule has 2 aromatic heterocycles. The van der Waals surface area contributed by atoms with Crippen LogP contribution in [0.4, 0.5) is 4.79 Å². The molecule has 4 aromatic rings. The quantitative estimate of drug-likeness (QED) is 0.485. The van der Waals surface area contributed by atoms with Crippen molar-refractivity contribution >= 4 is 27.9 Å². The molecule has 2 aliphatic heterocycles. The second kappa shape index (κ2) is 7.71. The number of benzene rings is 2. The van der Waals surface area contributed by atoms with E-state index in [1.807, 2.05) is 12.0 Å². The van der Waals surface area contributed by atoms with E-state index in [0.717, 1.165) is 18.5 Å². The molecule has 2 N–H and O–H groups in total. The number of fused-ring (bicyclic) bond motifs is 1. The fourth-order valence-electron chi connectivity index (χ4n) is 5.75. The number of nitrogens with one attached hydrogen (secondary N) is 2. The minimum Gasteiger partial charge on any atom is -0.361 e. The highest BCUT2D eigenvalue weighted by molar-refractivity contribution is 5.89. The molecule has 0 radical (unpaired) electrons. The molecule has 32 heavy (non-hydrogen) atoms. The van der Waals surface area contributed by atoms with Gasteiger partial charge in [0.15, 0.2) is 0 Å². The topological polar surface area (TPSA) is 62.3 Å². The largest absolute Gasteiger partial charge is 0.426 e. The van der Waals surface area contributed by atoms with Crippen molar-refractivity contribution in [1.29, 1.82) is 0 Å². The van der Waals surface area contributed by atoms with E-state index >= 15 is 0 Å². The molecular formula is C26H28N4O2. The molecule has 2 aromatic carbocycles. The van der Waals surface area contributed by atoms with Crippen molar-refractivity contribution in [3.63, 3.8) is 0 Å². The van der Waals surface area contributed by atoms with Crippen LogP contribution in [0.2, 0.25) is 0 Å². The first-order chi connectivity index (χ1) is 15.7. The summed E-state index contributed by atoms with van der Waals surface area (Å²) in [5.41, 5.74) is 6.62. The maximum atomic E-state index is 12.2. The van der Waals surface area contributed by atoms with Gasteiger partial charge in [0.05, 0.1) is 5.52 Å². The van der Waals surface area contributed by atoms with Crippen molar-refractivity contribution in [2.75, 3.05) is 19.6 Å². The summed E-state index contributed by atoms with van der Waals surface area (Å²) in [6.45, 7) is 4.88. The van der Waals surface area contributed by atoms with Crippen molar-refractivity contribution < 1.29 is 9.63 Å². The predicted molar refractivity (Wildman–Crippen MR) is 126 cm³/mol. The highest BCUT2D eigenvalue weighted by atomic mass is 16.7. The van der Waals surface area contributed by atoms with Gasteiger partial charge in [-0.05, 0) is 42.5 Å². The molecule has 6 rings (SSSR count). The summed E-state index contributed by atoms with van der Waals surface area (Å²) in [5, 5.41) is 7.18. The van der Waals surface area contributed by atoms with E-state index in [4.69, 9.17) is 4.84 Å². The highest BCUT2D eigenvalue weighted by Crippen LogP contribution is 2.45. The van der Waals surface area contributed by atoms with Crippen LogP contribution in [0.3, 0.4) is 0 Å². The Hall–Kier alpha value is -3.25. The summed E-state index contributed by atoms with van der Waals surface area (Å²) in [4.78, 5) is 21.3. The second-order valence-electron chi connectivity index (χ2n) is 8.95. The molecule has 4 heterocycles. The Balaban J connectivity index is 1.44. The van der Waals surface area contributed by atoms with Gasteiger partial charge in [-0.15, -0.1) is 5.06 Å². The number of amides is 1. The fraction of sp³-hybridized carbons (Fsp3) is 0.346. The van der Waals surface area contributed by atoms with Gasteiger partial charge in [-0.2, -0.15) is 0 Å². The van der Waals surface area contributed by atoms with Crippen molar-refractivity contribution in [2.45, 2.75) is 38.1 Å². The molecule has 0 spiro atoms. The molecule has 1 amide bonds. The van der Waals surface area contributed by atoms with Crippen LogP contribution >= 0.6 is 0 Å². The first-order valence-electron chi connectivity index (χ1n) is 11.6. The van der Waals surface area contributed by atoms with E-state index in [0.29, 0.717) is 19.6 Å². The van der Waals surface area contributed by atoms with Gasteiger partial charge in [0.2, 0.25) is 0 Å². The summed E-state index contributed by atoms with van der Waals surface area (Å²) in [7, 11) is 0. The standard InChI is InChI=1S/C26H28N4O2/c1-2-27-26(31)32-30-15-22(20-13-28-24-11-4-3-9-18(20)24)23(16-30)21-14-29-12-6-8-17-7-5-10-19(21)25(17)29/h3-5,7,9-11,13-14,22-23,28H,2,6,8,12,15-16H2,1H3,(H,27,31)/t22-,23-/m0/s1. The van der Waals surface area contributed by atoms with Crippen LogP contribution in [0.25, 0.3) is 21.8 Å². The lowest BCUT2D eigenvalue weighted by atomic mass is 9.83. The number of rotatable bonds is 4. The van der Waals surface area contributed by atoms with Crippen LogP contribution < -0.4 is 5.32 Å². The van der Waals surface area contributed by atoms with Gasteiger partial charge in [-0.1, -0.05) is 36.4 Å². The Morgan fingerprint density at radius 1 is 1.09 bits per heavy atom. The van der Waals surface area contributed by atoms with E-state index < -0.39 is 0 Å². The molecule has 0 bridgehead atoms.